The van der Waals surface area contributed by atoms with E-state index in [0.717, 1.165) is 27.2 Å². The number of likely N-dealkylation sites (tertiary alicyclic amines) is 2. The van der Waals surface area contributed by atoms with Crippen molar-refractivity contribution in [2.24, 2.45) is 11.8 Å². The topological polar surface area (TPSA) is 76.2 Å². The van der Waals surface area contributed by atoms with E-state index in [9.17, 15) is 36.3 Å². The summed E-state index contributed by atoms with van der Waals surface area (Å²) in [7, 11) is 0. The quantitative estimate of drug-likeness (QED) is 0.103. The highest BCUT2D eigenvalue weighted by Gasteiger charge is 2.53. The Morgan fingerprint density at radius 2 is 1.42 bits per heavy atom. The summed E-state index contributed by atoms with van der Waals surface area (Å²) < 4.78 is 80.1. The van der Waals surface area contributed by atoms with Crippen LogP contribution in [0.3, 0.4) is 0 Å². The Morgan fingerprint density at radius 3 is 2.00 bits per heavy atom. The number of nitrogens with zero attached hydrogens (tertiary/aromatic N) is 2. The van der Waals surface area contributed by atoms with Crippen LogP contribution in [0.25, 0.3) is 11.1 Å². The summed E-state index contributed by atoms with van der Waals surface area (Å²) in [6.07, 6.45) is -0.285. The average Bonchev–Trinajstić information content (AvgIpc) is 3.70. The smallest absolute Gasteiger partial charge is 0.410 e. The van der Waals surface area contributed by atoms with Gasteiger partial charge in [-0.2, -0.15) is 8.78 Å². The Kier molecular flexibility index (Phi) is 8.00. The molecule has 45 heavy (non-hydrogen) atoms. The largest absolute Gasteiger partial charge is 0.448 e. The molecular weight excluding hydrogens is 599 g/mol. The highest BCUT2D eigenvalue weighted by Crippen LogP contribution is 2.45. The molecule has 0 N–H and O–H groups in total. The lowest BCUT2D eigenvalue weighted by atomic mass is 9.98. The molecular formula is C33H29F5N2O5. The third-order valence-electron chi connectivity index (χ3n) is 8.78. The van der Waals surface area contributed by atoms with E-state index in [1.54, 1.807) is 13.8 Å². The van der Waals surface area contributed by atoms with Gasteiger partial charge in [-0.1, -0.05) is 62.4 Å². The lowest BCUT2D eigenvalue weighted by Crippen LogP contribution is -2.50. The van der Waals surface area contributed by atoms with Gasteiger partial charge in [0.15, 0.2) is 0 Å². The average molecular weight is 629 g/mol. The fraction of sp³-hybridized carbons (Fsp3) is 0.364. The van der Waals surface area contributed by atoms with Crippen LogP contribution in [0.1, 0.15) is 43.7 Å². The zero-order valence-corrected chi connectivity index (χ0v) is 24.4. The van der Waals surface area contributed by atoms with E-state index in [4.69, 9.17) is 9.47 Å². The monoisotopic (exact) mass is 628 g/mol. The van der Waals surface area contributed by atoms with Crippen LogP contribution >= 0.6 is 0 Å². The summed E-state index contributed by atoms with van der Waals surface area (Å²) in [4.78, 5) is 42.7. The van der Waals surface area contributed by atoms with E-state index in [2.05, 4.69) is 0 Å². The van der Waals surface area contributed by atoms with Crippen molar-refractivity contribution in [2.75, 3.05) is 19.7 Å². The highest BCUT2D eigenvalue weighted by atomic mass is 19.2. The SMILES string of the molecule is CC(C)C[C@@H](C(=O)Oc1c(F)c(F)c(F)c(F)c1F)N1C[C@H]2CCN(C(=O)OCC3c4ccccc4-c4ccccc43)[C@H]2C1=O. The van der Waals surface area contributed by atoms with Gasteiger partial charge in [0.05, 0.1) is 0 Å². The number of hydrogen-bond acceptors (Lipinski definition) is 5. The van der Waals surface area contributed by atoms with Gasteiger partial charge >= 0.3 is 12.1 Å². The number of benzene rings is 3. The molecule has 0 aromatic heterocycles. The molecule has 2 heterocycles. The maximum atomic E-state index is 14.3. The first-order chi connectivity index (χ1) is 21.5. The van der Waals surface area contributed by atoms with Crippen LogP contribution in [0.4, 0.5) is 26.7 Å². The summed E-state index contributed by atoms with van der Waals surface area (Å²) >= 11 is 0. The molecule has 0 spiro atoms. The molecule has 3 aliphatic rings. The number of rotatable bonds is 7. The molecule has 0 saturated carbocycles. The Hall–Kier alpha value is -4.48. The van der Waals surface area contributed by atoms with E-state index in [-0.39, 0.29) is 43.9 Å². The summed E-state index contributed by atoms with van der Waals surface area (Å²) in [5.74, 6) is -16.0. The van der Waals surface area contributed by atoms with E-state index in [0.29, 0.717) is 6.42 Å². The van der Waals surface area contributed by atoms with Gasteiger partial charge in [0, 0.05) is 24.9 Å². The number of ether oxygens (including phenoxy) is 2. The minimum absolute atomic E-state index is 0.0235. The number of hydrogen-bond donors (Lipinski definition) is 0. The van der Waals surface area contributed by atoms with Gasteiger partial charge in [0.25, 0.3) is 0 Å². The number of carbonyl (C=O) groups excluding carboxylic acids is 3. The molecule has 3 aromatic carbocycles. The summed E-state index contributed by atoms with van der Waals surface area (Å²) in [5, 5.41) is 0. The first-order valence-corrected chi connectivity index (χ1v) is 14.6. The third-order valence-corrected chi connectivity index (χ3v) is 8.78. The Labute approximate surface area is 255 Å². The fourth-order valence-corrected chi connectivity index (χ4v) is 6.70. The molecule has 7 nitrogen and oxygen atoms in total. The second-order valence-electron chi connectivity index (χ2n) is 11.9. The highest BCUT2D eigenvalue weighted by molar-refractivity contribution is 5.93. The van der Waals surface area contributed by atoms with Crippen molar-refractivity contribution >= 4 is 18.0 Å². The van der Waals surface area contributed by atoms with Gasteiger partial charge in [-0.15, -0.1) is 0 Å². The molecule has 6 rings (SSSR count). The number of halogens is 5. The predicted molar refractivity (Wildman–Crippen MR) is 150 cm³/mol. The van der Waals surface area contributed by atoms with Gasteiger partial charge < -0.3 is 14.4 Å². The Morgan fingerprint density at radius 1 is 0.867 bits per heavy atom. The maximum Gasteiger partial charge on any atom is 0.410 e. The van der Waals surface area contributed by atoms with Gasteiger partial charge in [0.1, 0.15) is 18.7 Å². The standard InChI is InChI=1S/C33H29F5N2O5/c1-16(2)13-23(32(42)45-30-27(37)25(35)24(34)26(36)28(30)38)40-14-17-11-12-39(29(17)31(40)41)33(43)44-15-22-20-9-5-3-7-18(20)19-8-4-6-10-21(19)22/h3-10,16-17,22-23,29H,11-15H2,1-2H3/t17-,23+,29-/m1/s1. The van der Waals surface area contributed by atoms with Crippen LogP contribution in [0.2, 0.25) is 0 Å². The zero-order chi connectivity index (χ0) is 32.2. The Balaban J connectivity index is 1.18. The van der Waals surface area contributed by atoms with Gasteiger partial charge in [-0.05, 0) is 41.0 Å². The van der Waals surface area contributed by atoms with E-state index < -0.39 is 64.9 Å². The van der Waals surface area contributed by atoms with E-state index >= 15 is 0 Å². The van der Waals surface area contributed by atoms with E-state index in [1.165, 1.54) is 4.90 Å². The molecule has 1 aliphatic carbocycles. The predicted octanol–water partition coefficient (Wildman–Crippen LogP) is 6.18. The van der Waals surface area contributed by atoms with Crippen molar-refractivity contribution in [1.29, 1.82) is 0 Å². The fourth-order valence-electron chi connectivity index (χ4n) is 6.70. The number of esters is 1. The number of amides is 2. The molecule has 3 aromatic rings. The summed E-state index contributed by atoms with van der Waals surface area (Å²) in [6, 6.07) is 13.4. The van der Waals surface area contributed by atoms with Crippen molar-refractivity contribution in [3.63, 3.8) is 0 Å². The van der Waals surface area contributed by atoms with Crippen molar-refractivity contribution in [2.45, 2.75) is 44.7 Å². The van der Waals surface area contributed by atoms with Crippen molar-refractivity contribution in [3.8, 4) is 16.9 Å². The molecule has 0 bridgehead atoms. The molecule has 0 radical (unpaired) electrons. The molecule has 2 fully saturated rings. The second kappa shape index (κ2) is 11.8. The molecule has 236 valence electrons. The third kappa shape index (κ3) is 5.19. The molecule has 2 amide bonds. The molecule has 0 unspecified atom stereocenters. The van der Waals surface area contributed by atoms with Crippen molar-refractivity contribution in [1.82, 2.24) is 9.80 Å². The second-order valence-corrected chi connectivity index (χ2v) is 11.9. The van der Waals surface area contributed by atoms with Crippen LogP contribution in [-0.2, 0) is 14.3 Å². The van der Waals surface area contributed by atoms with Crippen molar-refractivity contribution < 1.29 is 45.8 Å². The van der Waals surface area contributed by atoms with E-state index in [1.807, 2.05) is 48.5 Å². The van der Waals surface area contributed by atoms with Crippen LogP contribution in [0.15, 0.2) is 48.5 Å². The van der Waals surface area contributed by atoms with Crippen LogP contribution in [0.5, 0.6) is 5.75 Å². The first-order valence-electron chi connectivity index (χ1n) is 14.6. The minimum atomic E-state index is -2.39. The Bertz CT molecular complexity index is 1620. The first kappa shape index (κ1) is 30.5. The van der Waals surface area contributed by atoms with Crippen molar-refractivity contribution in [3.05, 3.63) is 88.7 Å². The number of carbonyl (C=O) groups is 3. The molecule has 3 atom stereocenters. The lowest BCUT2D eigenvalue weighted by molar-refractivity contribution is -0.148. The van der Waals surface area contributed by atoms with Crippen LogP contribution in [0, 0.1) is 40.9 Å². The minimum Gasteiger partial charge on any atom is -0.448 e. The zero-order valence-electron chi connectivity index (χ0n) is 24.4. The molecule has 2 saturated heterocycles. The number of fused-ring (bicyclic) bond motifs is 4. The summed E-state index contributed by atoms with van der Waals surface area (Å²) in [6.45, 7) is 3.77. The normalized spacial score (nSPS) is 19.5. The van der Waals surface area contributed by atoms with Gasteiger partial charge in [-0.3, -0.25) is 9.69 Å². The maximum absolute atomic E-state index is 14.3. The molecule has 2 aliphatic heterocycles. The summed E-state index contributed by atoms with van der Waals surface area (Å²) in [5.41, 5.74) is 4.17. The lowest BCUT2D eigenvalue weighted by Gasteiger charge is -2.30. The van der Waals surface area contributed by atoms with Gasteiger partial charge in [-0.25, -0.2) is 22.8 Å². The van der Waals surface area contributed by atoms with Crippen LogP contribution in [-0.4, -0.2) is 59.5 Å². The molecule has 12 heteroatoms. The van der Waals surface area contributed by atoms with Gasteiger partial charge in [0.2, 0.25) is 40.7 Å². The van der Waals surface area contributed by atoms with Crippen LogP contribution < -0.4 is 4.74 Å².